The first-order valence-electron chi connectivity index (χ1n) is 4.69. The van der Waals surface area contributed by atoms with Crippen LogP contribution < -0.4 is 0 Å². The molecule has 3 nitrogen and oxygen atoms in total. The van der Waals surface area contributed by atoms with Crippen molar-refractivity contribution in [3.63, 3.8) is 0 Å². The minimum absolute atomic E-state index is 0.0581. The van der Waals surface area contributed by atoms with Gasteiger partial charge in [0.25, 0.3) is 0 Å². The molecule has 0 aromatic rings. The van der Waals surface area contributed by atoms with Gasteiger partial charge in [0.1, 0.15) is 6.04 Å². The van der Waals surface area contributed by atoms with E-state index in [4.69, 9.17) is 5.26 Å². The van der Waals surface area contributed by atoms with Gasteiger partial charge in [-0.2, -0.15) is 5.26 Å². The van der Waals surface area contributed by atoms with Crippen molar-refractivity contribution in [2.24, 2.45) is 5.92 Å². The van der Waals surface area contributed by atoms with Crippen molar-refractivity contribution in [2.45, 2.75) is 39.7 Å². The molecule has 0 radical (unpaired) electrons. The lowest BCUT2D eigenvalue weighted by atomic mass is 10.0. The summed E-state index contributed by atoms with van der Waals surface area (Å²) >= 11 is 0. The molecule has 3 heteroatoms. The summed E-state index contributed by atoms with van der Waals surface area (Å²) < 4.78 is 0. The summed E-state index contributed by atoms with van der Waals surface area (Å²) in [6.07, 6.45) is 1.36. The topological polar surface area (TPSA) is 44.1 Å². The van der Waals surface area contributed by atoms with Gasteiger partial charge < -0.3 is 4.90 Å². The number of rotatable bonds is 4. The molecule has 0 bridgehead atoms. The molecule has 0 aromatic heterocycles. The second kappa shape index (κ2) is 5.58. The van der Waals surface area contributed by atoms with Crippen molar-refractivity contribution < 1.29 is 4.79 Å². The molecule has 0 spiro atoms. The molecule has 0 saturated carbocycles. The Labute approximate surface area is 80.3 Å². The summed E-state index contributed by atoms with van der Waals surface area (Å²) in [5, 5.41) is 8.84. The Kier molecular flexibility index (Phi) is 5.13. The molecule has 0 fully saturated rings. The molecule has 1 unspecified atom stereocenters. The quantitative estimate of drug-likeness (QED) is 0.665. The summed E-state index contributed by atoms with van der Waals surface area (Å²) in [5.41, 5.74) is 0. The lowest BCUT2D eigenvalue weighted by molar-refractivity contribution is -0.131. The molecule has 1 atom stereocenters. The molecular formula is C10H18N2O. The van der Waals surface area contributed by atoms with Gasteiger partial charge in [-0.15, -0.1) is 0 Å². The highest BCUT2D eigenvalue weighted by Gasteiger charge is 2.21. The van der Waals surface area contributed by atoms with E-state index < -0.39 is 0 Å². The fraction of sp³-hybridized carbons (Fsp3) is 0.800. The van der Waals surface area contributed by atoms with Gasteiger partial charge in [-0.1, -0.05) is 20.8 Å². The van der Waals surface area contributed by atoms with Crippen LogP contribution in [0.25, 0.3) is 0 Å². The molecular weight excluding hydrogens is 164 g/mol. The standard InChI is InChI=1S/C10H18N2O/c1-5-6-10(13)12(4)9(7-11)8(2)3/h8-9H,5-6H2,1-4H3. The van der Waals surface area contributed by atoms with Crippen molar-refractivity contribution in [3.05, 3.63) is 0 Å². The normalized spacial score (nSPS) is 12.3. The molecule has 1 amide bonds. The third-order valence-corrected chi connectivity index (χ3v) is 2.04. The molecule has 0 aliphatic rings. The molecule has 0 aromatic carbocycles. The van der Waals surface area contributed by atoms with E-state index in [0.29, 0.717) is 6.42 Å². The van der Waals surface area contributed by atoms with Crippen molar-refractivity contribution in [1.29, 1.82) is 5.26 Å². The first-order chi connectivity index (χ1) is 6.04. The first-order valence-corrected chi connectivity index (χ1v) is 4.69. The minimum Gasteiger partial charge on any atom is -0.329 e. The zero-order valence-corrected chi connectivity index (χ0v) is 8.87. The number of nitrogens with zero attached hydrogens (tertiary/aromatic N) is 2. The SMILES string of the molecule is CCCC(=O)N(C)C(C#N)C(C)C. The highest BCUT2D eigenvalue weighted by atomic mass is 16.2. The number of hydrogen-bond acceptors (Lipinski definition) is 2. The Balaban J connectivity index is 4.30. The van der Waals surface area contributed by atoms with Gasteiger partial charge in [0.2, 0.25) is 5.91 Å². The van der Waals surface area contributed by atoms with Crippen LogP contribution in [0.3, 0.4) is 0 Å². The Morgan fingerprint density at radius 1 is 1.54 bits per heavy atom. The van der Waals surface area contributed by atoms with Crippen LogP contribution >= 0.6 is 0 Å². The van der Waals surface area contributed by atoms with Crippen molar-refractivity contribution in [1.82, 2.24) is 4.90 Å². The van der Waals surface area contributed by atoms with Gasteiger partial charge in [0.05, 0.1) is 6.07 Å². The van der Waals surface area contributed by atoms with Crippen LogP contribution in [0.5, 0.6) is 0 Å². The van der Waals surface area contributed by atoms with E-state index >= 15 is 0 Å². The van der Waals surface area contributed by atoms with Crippen LogP contribution in [0.1, 0.15) is 33.6 Å². The van der Waals surface area contributed by atoms with Gasteiger partial charge in [-0.3, -0.25) is 4.79 Å². The Hall–Kier alpha value is -1.04. The fourth-order valence-corrected chi connectivity index (χ4v) is 1.23. The predicted molar refractivity (Wildman–Crippen MR) is 51.9 cm³/mol. The van der Waals surface area contributed by atoms with Crippen LogP contribution in [0, 0.1) is 17.2 Å². The summed E-state index contributed by atoms with van der Waals surface area (Å²) in [6, 6.07) is 1.85. The van der Waals surface area contributed by atoms with Crippen molar-refractivity contribution in [3.8, 4) is 6.07 Å². The predicted octanol–water partition coefficient (Wildman–Crippen LogP) is 1.79. The lowest BCUT2D eigenvalue weighted by Gasteiger charge is -2.25. The van der Waals surface area contributed by atoms with E-state index in [9.17, 15) is 4.79 Å². The Bertz CT molecular complexity index is 205. The maximum Gasteiger partial charge on any atom is 0.223 e. The summed E-state index contributed by atoms with van der Waals surface area (Å²) in [4.78, 5) is 13.0. The highest BCUT2D eigenvalue weighted by molar-refractivity contribution is 5.76. The maximum absolute atomic E-state index is 11.4. The number of hydrogen-bond donors (Lipinski definition) is 0. The van der Waals surface area contributed by atoms with Crippen LogP contribution in [0.15, 0.2) is 0 Å². The summed E-state index contributed by atoms with van der Waals surface area (Å²) in [6.45, 7) is 5.86. The Morgan fingerprint density at radius 3 is 2.38 bits per heavy atom. The lowest BCUT2D eigenvalue weighted by Crippen LogP contribution is -2.39. The average molecular weight is 182 g/mol. The fourth-order valence-electron chi connectivity index (χ4n) is 1.23. The molecule has 0 aliphatic carbocycles. The molecule has 0 aliphatic heterocycles. The number of amides is 1. The minimum atomic E-state index is -0.293. The molecule has 74 valence electrons. The van der Waals surface area contributed by atoms with Gasteiger partial charge in [0.15, 0.2) is 0 Å². The van der Waals surface area contributed by atoms with E-state index in [0.717, 1.165) is 6.42 Å². The van der Waals surface area contributed by atoms with Gasteiger partial charge >= 0.3 is 0 Å². The molecule has 0 heterocycles. The van der Waals surface area contributed by atoms with E-state index in [1.165, 1.54) is 0 Å². The van der Waals surface area contributed by atoms with E-state index in [1.54, 1.807) is 11.9 Å². The highest BCUT2D eigenvalue weighted by Crippen LogP contribution is 2.09. The van der Waals surface area contributed by atoms with E-state index in [-0.39, 0.29) is 17.9 Å². The van der Waals surface area contributed by atoms with Crippen molar-refractivity contribution >= 4 is 5.91 Å². The smallest absolute Gasteiger partial charge is 0.223 e. The molecule has 13 heavy (non-hydrogen) atoms. The largest absolute Gasteiger partial charge is 0.329 e. The van der Waals surface area contributed by atoms with Gasteiger partial charge in [-0.05, 0) is 12.3 Å². The molecule has 0 rings (SSSR count). The van der Waals surface area contributed by atoms with E-state index in [2.05, 4.69) is 6.07 Å². The Morgan fingerprint density at radius 2 is 2.08 bits per heavy atom. The first kappa shape index (κ1) is 12.0. The number of nitriles is 1. The monoisotopic (exact) mass is 182 g/mol. The average Bonchev–Trinajstić information content (AvgIpc) is 2.05. The molecule has 0 saturated heterocycles. The third-order valence-electron chi connectivity index (χ3n) is 2.04. The molecule has 0 N–H and O–H groups in total. The summed E-state index contributed by atoms with van der Waals surface area (Å²) in [5.74, 6) is 0.249. The maximum atomic E-state index is 11.4. The second-order valence-electron chi connectivity index (χ2n) is 3.57. The number of carbonyl (C=O) groups excluding carboxylic acids is 1. The van der Waals surface area contributed by atoms with Gasteiger partial charge in [-0.25, -0.2) is 0 Å². The summed E-state index contributed by atoms with van der Waals surface area (Å²) in [7, 11) is 1.70. The van der Waals surface area contributed by atoms with Crippen LogP contribution in [-0.4, -0.2) is 23.9 Å². The number of carbonyl (C=O) groups is 1. The zero-order valence-electron chi connectivity index (χ0n) is 8.87. The second-order valence-corrected chi connectivity index (χ2v) is 3.57. The zero-order chi connectivity index (χ0) is 10.4. The van der Waals surface area contributed by atoms with Crippen LogP contribution in [0.2, 0.25) is 0 Å². The van der Waals surface area contributed by atoms with Crippen molar-refractivity contribution in [2.75, 3.05) is 7.05 Å². The third kappa shape index (κ3) is 3.45. The van der Waals surface area contributed by atoms with Crippen LogP contribution in [0.4, 0.5) is 0 Å². The van der Waals surface area contributed by atoms with E-state index in [1.807, 2.05) is 20.8 Å². The van der Waals surface area contributed by atoms with Gasteiger partial charge in [0, 0.05) is 13.5 Å². The van der Waals surface area contributed by atoms with Crippen LogP contribution in [-0.2, 0) is 4.79 Å².